The highest BCUT2D eigenvalue weighted by Crippen LogP contribution is 2.58. The van der Waals surface area contributed by atoms with Gasteiger partial charge in [0.05, 0.1) is 27.6 Å². The van der Waals surface area contributed by atoms with Gasteiger partial charge < -0.3 is 4.57 Å². The van der Waals surface area contributed by atoms with Gasteiger partial charge in [0, 0.05) is 37.9 Å². The summed E-state index contributed by atoms with van der Waals surface area (Å²) in [5.74, 6) is 0. The van der Waals surface area contributed by atoms with E-state index >= 15 is 0 Å². The van der Waals surface area contributed by atoms with Crippen LogP contribution in [0.25, 0.3) is 58.8 Å². The molecule has 0 fully saturated rings. The maximum atomic E-state index is 4.49. The number of fused-ring (bicyclic) bond motifs is 12. The van der Waals surface area contributed by atoms with Crippen molar-refractivity contribution in [3.8, 4) is 16.8 Å². The predicted molar refractivity (Wildman–Crippen MR) is 149 cm³/mol. The molecule has 1 aliphatic carbocycles. The van der Waals surface area contributed by atoms with E-state index in [0.717, 1.165) is 5.69 Å². The lowest BCUT2D eigenvalue weighted by Gasteiger charge is -2.23. The molecule has 3 heteroatoms. The summed E-state index contributed by atoms with van der Waals surface area (Å²) in [5.41, 5.74) is 9.18. The summed E-state index contributed by atoms with van der Waals surface area (Å²) in [6.45, 7) is 4.79. The van der Waals surface area contributed by atoms with Gasteiger partial charge in [0.2, 0.25) is 0 Å². The maximum Gasteiger partial charge on any atom is 0.0723 e. The summed E-state index contributed by atoms with van der Waals surface area (Å²) >= 11 is 1.91. The molecule has 0 unspecified atom stereocenters. The third kappa shape index (κ3) is 2.32. The van der Waals surface area contributed by atoms with Crippen LogP contribution in [0.1, 0.15) is 25.0 Å². The highest BCUT2D eigenvalue weighted by Gasteiger charge is 2.40. The Hall–Kier alpha value is -3.95. The highest BCUT2D eigenvalue weighted by molar-refractivity contribution is 7.26. The van der Waals surface area contributed by atoms with Crippen LogP contribution in [0, 0.1) is 0 Å². The van der Waals surface area contributed by atoms with E-state index in [1.54, 1.807) is 0 Å². The number of thiophene rings is 1. The molecule has 7 aromatic rings. The molecule has 0 amide bonds. The highest BCUT2D eigenvalue weighted by atomic mass is 32.1. The number of hydrogen-bond acceptors (Lipinski definition) is 2. The second kappa shape index (κ2) is 6.59. The van der Waals surface area contributed by atoms with Crippen molar-refractivity contribution in [2.24, 2.45) is 0 Å². The van der Waals surface area contributed by atoms with Gasteiger partial charge in [-0.15, -0.1) is 11.3 Å². The van der Waals surface area contributed by atoms with Crippen LogP contribution < -0.4 is 0 Å². The molecule has 3 aromatic heterocycles. The van der Waals surface area contributed by atoms with Crippen molar-refractivity contribution in [1.82, 2.24) is 9.55 Å². The molecule has 35 heavy (non-hydrogen) atoms. The fourth-order valence-corrected chi connectivity index (χ4v) is 7.70. The molecule has 1 aliphatic rings. The van der Waals surface area contributed by atoms with Gasteiger partial charge in [-0.3, -0.25) is 4.98 Å². The zero-order chi connectivity index (χ0) is 23.3. The number of pyridine rings is 1. The first-order valence-electron chi connectivity index (χ1n) is 12.1. The second-order valence-corrected chi connectivity index (χ2v) is 11.1. The van der Waals surface area contributed by atoms with Crippen LogP contribution in [0.2, 0.25) is 0 Å². The lowest BCUT2D eigenvalue weighted by molar-refractivity contribution is 0.667. The zero-order valence-corrected chi connectivity index (χ0v) is 20.4. The Bertz CT molecular complexity index is 1970. The Morgan fingerprint density at radius 2 is 1.54 bits per heavy atom. The molecule has 0 atom stereocenters. The molecule has 2 nitrogen and oxygen atoms in total. The van der Waals surface area contributed by atoms with E-state index in [4.69, 9.17) is 0 Å². The number of nitrogens with zero attached hydrogens (tertiary/aromatic N) is 2. The molecule has 0 bridgehead atoms. The lowest BCUT2D eigenvalue weighted by Crippen LogP contribution is -2.15. The summed E-state index contributed by atoms with van der Waals surface area (Å²) in [7, 11) is 0. The Kier molecular flexibility index (Phi) is 3.64. The van der Waals surface area contributed by atoms with Crippen molar-refractivity contribution in [2.45, 2.75) is 19.3 Å². The summed E-state index contributed by atoms with van der Waals surface area (Å²) in [4.78, 5) is 4.49. The van der Waals surface area contributed by atoms with Crippen molar-refractivity contribution in [3.63, 3.8) is 0 Å². The topological polar surface area (TPSA) is 17.8 Å². The Balaban J connectivity index is 1.75. The van der Waals surface area contributed by atoms with Crippen LogP contribution in [-0.2, 0) is 5.41 Å². The van der Waals surface area contributed by atoms with Crippen molar-refractivity contribution < 1.29 is 0 Å². The van der Waals surface area contributed by atoms with Gasteiger partial charge in [-0.2, -0.15) is 0 Å². The first-order valence-corrected chi connectivity index (χ1v) is 12.9. The van der Waals surface area contributed by atoms with Crippen LogP contribution in [0.4, 0.5) is 0 Å². The fourth-order valence-electron chi connectivity index (χ4n) is 6.45. The molecule has 3 heterocycles. The molecular weight excluding hydrogens is 444 g/mol. The molecule has 0 saturated carbocycles. The van der Waals surface area contributed by atoms with E-state index in [-0.39, 0.29) is 5.41 Å². The number of hydrogen-bond donors (Lipinski definition) is 0. The summed E-state index contributed by atoms with van der Waals surface area (Å²) < 4.78 is 5.13. The number of benzene rings is 4. The van der Waals surface area contributed by atoms with Crippen molar-refractivity contribution >= 4 is 53.3 Å². The van der Waals surface area contributed by atoms with Gasteiger partial charge in [-0.25, -0.2) is 0 Å². The molecular formula is C32H22N2S. The normalized spacial score (nSPS) is 14.2. The van der Waals surface area contributed by atoms with Crippen LogP contribution in [0.5, 0.6) is 0 Å². The van der Waals surface area contributed by atoms with Gasteiger partial charge in [-0.05, 0) is 46.5 Å². The smallest absolute Gasteiger partial charge is 0.0723 e. The summed E-state index contributed by atoms with van der Waals surface area (Å²) in [5, 5.41) is 5.42. The van der Waals surface area contributed by atoms with Gasteiger partial charge >= 0.3 is 0 Å². The quantitative estimate of drug-likeness (QED) is 0.236. The van der Waals surface area contributed by atoms with Crippen molar-refractivity contribution in [1.29, 1.82) is 0 Å². The first-order chi connectivity index (χ1) is 17.2. The van der Waals surface area contributed by atoms with E-state index in [0.29, 0.717) is 0 Å². The van der Waals surface area contributed by atoms with Gasteiger partial charge in [0.1, 0.15) is 0 Å². The van der Waals surface area contributed by atoms with Crippen LogP contribution >= 0.6 is 11.3 Å². The minimum atomic E-state index is -0.106. The number of para-hydroxylation sites is 1. The average molecular weight is 467 g/mol. The van der Waals surface area contributed by atoms with E-state index in [9.17, 15) is 0 Å². The molecule has 0 saturated heterocycles. The molecule has 0 spiro atoms. The number of rotatable bonds is 1. The summed E-state index contributed by atoms with van der Waals surface area (Å²) in [6.07, 6.45) is 3.84. The standard InChI is InChI=1S/C32H22N2S/c1-32(2)23-14-6-3-11-20(23)26-27-22-13-5-8-16-25(22)35-31(27)30-28(29(26)32)21-12-4-7-15-24(21)34(30)19-10-9-17-33-18-19/h3-18H,1-2H3. The average Bonchev–Trinajstić information content (AvgIpc) is 3.51. The SMILES string of the molecule is CC1(C)c2ccccc2-c2c1c1c3ccccc3n(-c3cccnc3)c1c1sc3ccccc3c21. The predicted octanol–water partition coefficient (Wildman–Crippen LogP) is 8.85. The molecule has 8 rings (SSSR count). The van der Waals surface area contributed by atoms with Crippen molar-refractivity contribution in [2.75, 3.05) is 0 Å². The Labute approximate surface area is 207 Å². The molecule has 0 aliphatic heterocycles. The maximum absolute atomic E-state index is 4.49. The number of aromatic nitrogens is 2. The van der Waals surface area contributed by atoms with Gasteiger partial charge in [-0.1, -0.05) is 74.5 Å². The van der Waals surface area contributed by atoms with Crippen molar-refractivity contribution in [3.05, 3.63) is 108 Å². The van der Waals surface area contributed by atoms with E-state index in [1.165, 1.54) is 64.2 Å². The third-order valence-corrected chi connectivity index (χ3v) is 9.01. The first kappa shape index (κ1) is 19.4. The molecule has 166 valence electrons. The Morgan fingerprint density at radius 1 is 0.771 bits per heavy atom. The van der Waals surface area contributed by atoms with Gasteiger partial charge in [0.15, 0.2) is 0 Å². The fraction of sp³-hybridized carbons (Fsp3) is 0.0938. The van der Waals surface area contributed by atoms with E-state index in [1.807, 2.05) is 29.8 Å². The van der Waals surface area contributed by atoms with Crippen LogP contribution in [-0.4, -0.2) is 9.55 Å². The van der Waals surface area contributed by atoms with Crippen LogP contribution in [0.3, 0.4) is 0 Å². The summed E-state index contributed by atoms with van der Waals surface area (Å²) in [6, 6.07) is 31.0. The third-order valence-electron chi connectivity index (χ3n) is 7.83. The minimum Gasteiger partial charge on any atom is -0.306 e. The van der Waals surface area contributed by atoms with Crippen LogP contribution in [0.15, 0.2) is 97.3 Å². The van der Waals surface area contributed by atoms with E-state index < -0.39 is 0 Å². The largest absolute Gasteiger partial charge is 0.306 e. The van der Waals surface area contributed by atoms with Gasteiger partial charge in [0.25, 0.3) is 0 Å². The molecule has 4 aromatic carbocycles. The monoisotopic (exact) mass is 466 g/mol. The lowest BCUT2D eigenvalue weighted by atomic mass is 9.80. The second-order valence-electron chi connectivity index (χ2n) is 10.0. The zero-order valence-electron chi connectivity index (χ0n) is 19.5. The minimum absolute atomic E-state index is 0.106. The Morgan fingerprint density at radius 3 is 2.40 bits per heavy atom. The van der Waals surface area contributed by atoms with E-state index in [2.05, 4.69) is 102 Å². The molecule has 0 N–H and O–H groups in total. The molecule has 0 radical (unpaired) electrons.